The van der Waals surface area contributed by atoms with E-state index < -0.39 is 16.4 Å². The lowest BCUT2D eigenvalue weighted by Gasteiger charge is -2.09. The molecule has 146 valence electrons. The summed E-state index contributed by atoms with van der Waals surface area (Å²) in [5.74, 6) is -0.724. The highest BCUT2D eigenvalue weighted by molar-refractivity contribution is 6.31. The van der Waals surface area contributed by atoms with E-state index in [9.17, 15) is 19.7 Å². The Kier molecular flexibility index (Phi) is 6.16. The lowest BCUT2D eigenvalue weighted by atomic mass is 10.2. The second-order valence-electron chi connectivity index (χ2n) is 5.96. The highest BCUT2D eigenvalue weighted by Crippen LogP contribution is 2.16. The van der Waals surface area contributed by atoms with Crippen molar-refractivity contribution in [2.45, 2.75) is 6.54 Å². The molecule has 0 spiro atoms. The first-order valence-corrected chi connectivity index (χ1v) is 8.85. The van der Waals surface area contributed by atoms with Crippen LogP contribution in [0.3, 0.4) is 0 Å². The molecule has 0 saturated heterocycles. The molecule has 0 fully saturated rings. The maximum atomic E-state index is 12.6. The van der Waals surface area contributed by atoms with E-state index in [-0.39, 0.29) is 23.4 Å². The standard InChI is InChI=1S/C20H15ClN4O4/c21-17-9-3-1-7-15(17)13-24-11-5-8-16(20(24)27)19(26)23-22-12-14-6-2-4-10-18(14)25(28)29/h1-12H,13H2,(H,23,26)/b22-12-. The van der Waals surface area contributed by atoms with Crippen LogP contribution in [0.15, 0.2) is 76.8 Å². The van der Waals surface area contributed by atoms with Gasteiger partial charge >= 0.3 is 0 Å². The highest BCUT2D eigenvalue weighted by atomic mass is 35.5. The number of nitrogens with zero attached hydrogens (tertiary/aromatic N) is 3. The number of benzene rings is 2. The number of para-hydroxylation sites is 1. The van der Waals surface area contributed by atoms with Crippen molar-refractivity contribution < 1.29 is 9.72 Å². The summed E-state index contributed by atoms with van der Waals surface area (Å²) in [4.78, 5) is 35.4. The van der Waals surface area contributed by atoms with Crippen LogP contribution in [0.1, 0.15) is 21.5 Å². The number of amides is 1. The Morgan fingerprint density at radius 2 is 1.86 bits per heavy atom. The van der Waals surface area contributed by atoms with E-state index in [4.69, 9.17) is 11.6 Å². The SMILES string of the molecule is O=C(N/N=C\c1ccccc1[N+](=O)[O-])c1cccn(Cc2ccccc2Cl)c1=O. The number of pyridine rings is 1. The van der Waals surface area contributed by atoms with Crippen LogP contribution in [0.4, 0.5) is 5.69 Å². The van der Waals surface area contributed by atoms with Crippen LogP contribution < -0.4 is 11.0 Å². The van der Waals surface area contributed by atoms with Crippen molar-refractivity contribution in [3.8, 4) is 0 Å². The minimum atomic E-state index is -0.724. The largest absolute Gasteiger partial charge is 0.310 e. The zero-order chi connectivity index (χ0) is 20.8. The molecule has 1 amide bonds. The fourth-order valence-corrected chi connectivity index (χ4v) is 2.82. The van der Waals surface area contributed by atoms with Crippen LogP contribution in [0, 0.1) is 10.1 Å². The van der Waals surface area contributed by atoms with Crippen LogP contribution in [-0.2, 0) is 6.54 Å². The Labute approximate surface area is 170 Å². The topological polar surface area (TPSA) is 107 Å². The van der Waals surface area contributed by atoms with E-state index in [1.165, 1.54) is 28.8 Å². The van der Waals surface area contributed by atoms with E-state index in [1.54, 1.807) is 42.6 Å². The number of hydrogen-bond donors (Lipinski definition) is 1. The predicted molar refractivity (Wildman–Crippen MR) is 109 cm³/mol. The van der Waals surface area contributed by atoms with E-state index in [1.807, 2.05) is 0 Å². The van der Waals surface area contributed by atoms with Crippen LogP contribution in [0.25, 0.3) is 0 Å². The Morgan fingerprint density at radius 3 is 2.62 bits per heavy atom. The number of hydrogen-bond acceptors (Lipinski definition) is 5. The van der Waals surface area contributed by atoms with Crippen molar-refractivity contribution in [1.82, 2.24) is 9.99 Å². The van der Waals surface area contributed by atoms with Crippen LogP contribution in [0.5, 0.6) is 0 Å². The van der Waals surface area contributed by atoms with Gasteiger partial charge in [-0.2, -0.15) is 5.10 Å². The summed E-state index contributed by atoms with van der Waals surface area (Å²) in [7, 11) is 0. The Balaban J connectivity index is 1.78. The summed E-state index contributed by atoms with van der Waals surface area (Å²) in [5.41, 5.74) is 2.42. The molecule has 1 heterocycles. The number of nitro groups is 1. The molecule has 0 radical (unpaired) electrons. The van der Waals surface area contributed by atoms with Gasteiger partial charge in [0, 0.05) is 17.3 Å². The van der Waals surface area contributed by atoms with Crippen molar-refractivity contribution in [3.05, 3.63) is 109 Å². The van der Waals surface area contributed by atoms with Gasteiger partial charge in [-0.25, -0.2) is 5.43 Å². The minimum absolute atomic E-state index is 0.112. The van der Waals surface area contributed by atoms with Crippen molar-refractivity contribution in [1.29, 1.82) is 0 Å². The van der Waals surface area contributed by atoms with Crippen molar-refractivity contribution in [2.24, 2.45) is 5.10 Å². The fraction of sp³-hybridized carbons (Fsp3) is 0.0500. The van der Waals surface area contributed by atoms with Crippen molar-refractivity contribution in [3.63, 3.8) is 0 Å². The zero-order valence-corrected chi connectivity index (χ0v) is 15.7. The maximum absolute atomic E-state index is 12.6. The third kappa shape index (κ3) is 4.74. The average Bonchev–Trinajstić information content (AvgIpc) is 2.71. The summed E-state index contributed by atoms with van der Waals surface area (Å²) < 4.78 is 1.36. The second-order valence-corrected chi connectivity index (χ2v) is 6.37. The first kappa shape index (κ1) is 20.0. The minimum Gasteiger partial charge on any atom is -0.310 e. The molecule has 9 heteroatoms. The fourth-order valence-electron chi connectivity index (χ4n) is 2.63. The summed E-state index contributed by atoms with van der Waals surface area (Å²) in [6.07, 6.45) is 2.71. The van der Waals surface area contributed by atoms with Crippen molar-refractivity contribution in [2.75, 3.05) is 0 Å². The van der Waals surface area contributed by atoms with E-state index >= 15 is 0 Å². The van der Waals surface area contributed by atoms with Gasteiger partial charge in [0.25, 0.3) is 17.2 Å². The van der Waals surface area contributed by atoms with E-state index in [0.29, 0.717) is 5.02 Å². The Bertz CT molecular complexity index is 1160. The van der Waals surface area contributed by atoms with Gasteiger partial charge in [-0.1, -0.05) is 41.9 Å². The molecular formula is C20H15ClN4O4. The molecule has 0 bridgehead atoms. The van der Waals surface area contributed by atoms with Gasteiger partial charge in [0.1, 0.15) is 5.56 Å². The molecule has 8 nitrogen and oxygen atoms in total. The number of nitro benzene ring substituents is 1. The van der Waals surface area contributed by atoms with Gasteiger partial charge in [0.2, 0.25) is 0 Å². The Morgan fingerprint density at radius 1 is 1.14 bits per heavy atom. The van der Waals surface area contributed by atoms with Gasteiger partial charge < -0.3 is 4.57 Å². The van der Waals surface area contributed by atoms with E-state index in [2.05, 4.69) is 10.5 Å². The van der Waals surface area contributed by atoms with Gasteiger partial charge in [-0.3, -0.25) is 19.7 Å². The molecule has 0 aliphatic heterocycles. The monoisotopic (exact) mass is 410 g/mol. The van der Waals surface area contributed by atoms with Gasteiger partial charge in [-0.05, 0) is 29.8 Å². The number of carbonyl (C=O) groups is 1. The number of hydrazone groups is 1. The first-order valence-electron chi connectivity index (χ1n) is 8.47. The molecule has 3 rings (SSSR count). The van der Waals surface area contributed by atoms with Crippen LogP contribution in [-0.4, -0.2) is 21.6 Å². The molecular weight excluding hydrogens is 396 g/mol. The lowest BCUT2D eigenvalue weighted by molar-refractivity contribution is -0.385. The molecule has 0 saturated carbocycles. The number of aromatic nitrogens is 1. The predicted octanol–water partition coefficient (Wildman–Crippen LogP) is 3.22. The average molecular weight is 411 g/mol. The molecule has 0 atom stereocenters. The zero-order valence-electron chi connectivity index (χ0n) is 15.0. The van der Waals surface area contributed by atoms with Crippen LogP contribution in [0.2, 0.25) is 5.02 Å². The van der Waals surface area contributed by atoms with Crippen LogP contribution >= 0.6 is 11.6 Å². The molecule has 29 heavy (non-hydrogen) atoms. The molecule has 1 N–H and O–H groups in total. The highest BCUT2D eigenvalue weighted by Gasteiger charge is 2.13. The molecule has 3 aromatic rings. The Hall–Kier alpha value is -3.78. The maximum Gasteiger partial charge on any atom is 0.278 e. The van der Waals surface area contributed by atoms with Gasteiger partial charge in [0.05, 0.1) is 23.2 Å². The molecule has 2 aromatic carbocycles. The van der Waals surface area contributed by atoms with Gasteiger partial charge in [0.15, 0.2) is 0 Å². The summed E-state index contributed by atoms with van der Waals surface area (Å²) in [6.45, 7) is 0.207. The summed E-state index contributed by atoms with van der Waals surface area (Å²) in [5, 5.41) is 15.2. The number of carbonyl (C=O) groups excluding carboxylic acids is 1. The van der Waals surface area contributed by atoms with Crippen molar-refractivity contribution >= 4 is 29.4 Å². The van der Waals surface area contributed by atoms with E-state index in [0.717, 1.165) is 11.8 Å². The first-order chi connectivity index (χ1) is 14.0. The summed E-state index contributed by atoms with van der Waals surface area (Å²) in [6, 6.07) is 16.0. The third-order valence-corrected chi connectivity index (χ3v) is 4.44. The molecule has 0 unspecified atom stereocenters. The normalized spacial score (nSPS) is 10.8. The number of halogens is 1. The van der Waals surface area contributed by atoms with Gasteiger partial charge in [-0.15, -0.1) is 0 Å². The quantitative estimate of drug-likeness (QED) is 0.382. The molecule has 1 aromatic heterocycles. The number of nitrogens with one attached hydrogen (secondary N) is 1. The number of rotatable bonds is 6. The molecule has 0 aliphatic rings. The smallest absolute Gasteiger partial charge is 0.278 e. The second kappa shape index (κ2) is 8.94. The summed E-state index contributed by atoms with van der Waals surface area (Å²) >= 11 is 6.13. The lowest BCUT2D eigenvalue weighted by Crippen LogP contribution is -2.31. The third-order valence-electron chi connectivity index (χ3n) is 4.07. The molecule has 0 aliphatic carbocycles.